The number of carboxylic acids is 1. The Morgan fingerprint density at radius 2 is 2.27 bits per heavy atom. The first-order valence-corrected chi connectivity index (χ1v) is 5.52. The van der Waals surface area contributed by atoms with Gasteiger partial charge in [0.05, 0.1) is 0 Å². The third-order valence-electron chi connectivity index (χ3n) is 1.83. The van der Waals surface area contributed by atoms with Gasteiger partial charge in [-0.3, -0.25) is 4.79 Å². The molecule has 1 heterocycles. The van der Waals surface area contributed by atoms with Gasteiger partial charge in [0.1, 0.15) is 6.04 Å². The maximum absolute atomic E-state index is 10.7. The maximum atomic E-state index is 10.7. The minimum atomic E-state index is -0.827. The number of carboxylic acid groups (broad SMARTS) is 1. The number of carbonyl (C=O) groups is 1. The van der Waals surface area contributed by atoms with Crippen LogP contribution in [0.5, 0.6) is 0 Å². The van der Waals surface area contributed by atoms with Crippen molar-refractivity contribution in [3.05, 3.63) is 18.5 Å². The fourth-order valence-corrected chi connectivity index (χ4v) is 1.83. The summed E-state index contributed by atoms with van der Waals surface area (Å²) >= 11 is 1.46. The van der Waals surface area contributed by atoms with Crippen LogP contribution in [0, 0.1) is 0 Å². The third kappa shape index (κ3) is 4.26. The van der Waals surface area contributed by atoms with Crippen LogP contribution in [0.15, 0.2) is 23.6 Å². The summed E-state index contributed by atoms with van der Waals surface area (Å²) < 4.78 is 0. The van der Waals surface area contributed by atoms with Crippen molar-refractivity contribution in [2.75, 3.05) is 12.8 Å². The van der Waals surface area contributed by atoms with Gasteiger partial charge in [0.15, 0.2) is 5.16 Å². The molecule has 0 bridgehead atoms. The van der Waals surface area contributed by atoms with E-state index in [1.165, 1.54) is 11.8 Å². The lowest BCUT2D eigenvalue weighted by molar-refractivity contribution is -0.139. The van der Waals surface area contributed by atoms with Gasteiger partial charge in [-0.25, -0.2) is 9.97 Å². The van der Waals surface area contributed by atoms with Crippen molar-refractivity contribution in [1.82, 2.24) is 15.3 Å². The molecule has 82 valence electrons. The summed E-state index contributed by atoms with van der Waals surface area (Å²) in [6.07, 6.45) is 3.89. The Hall–Kier alpha value is -1.14. The molecule has 1 unspecified atom stereocenters. The molecule has 0 radical (unpaired) electrons. The number of hydrogen-bond donors (Lipinski definition) is 2. The van der Waals surface area contributed by atoms with E-state index in [1.54, 1.807) is 25.5 Å². The molecule has 0 aromatic carbocycles. The molecule has 0 aliphatic heterocycles. The SMILES string of the molecule is CNC(CCSc1ncccn1)C(=O)O. The normalized spacial score (nSPS) is 12.3. The zero-order valence-corrected chi connectivity index (χ0v) is 9.20. The van der Waals surface area contributed by atoms with Gasteiger partial charge in [0.25, 0.3) is 0 Å². The van der Waals surface area contributed by atoms with Crippen molar-refractivity contribution in [2.45, 2.75) is 17.6 Å². The number of aliphatic carboxylic acids is 1. The zero-order valence-electron chi connectivity index (χ0n) is 8.38. The molecule has 0 aliphatic rings. The number of likely N-dealkylation sites (N-methyl/N-ethyl adjacent to an activating group) is 1. The summed E-state index contributed by atoms with van der Waals surface area (Å²) in [5.74, 6) is -0.144. The van der Waals surface area contributed by atoms with Gasteiger partial charge < -0.3 is 10.4 Å². The molecule has 0 saturated heterocycles. The largest absolute Gasteiger partial charge is 0.480 e. The highest BCUT2D eigenvalue weighted by atomic mass is 32.2. The van der Waals surface area contributed by atoms with E-state index in [1.807, 2.05) is 0 Å². The fraction of sp³-hybridized carbons (Fsp3) is 0.444. The van der Waals surface area contributed by atoms with Crippen LogP contribution < -0.4 is 5.32 Å². The molecule has 2 N–H and O–H groups in total. The number of aromatic nitrogens is 2. The van der Waals surface area contributed by atoms with E-state index in [-0.39, 0.29) is 0 Å². The van der Waals surface area contributed by atoms with Crippen molar-refractivity contribution in [3.63, 3.8) is 0 Å². The molecule has 1 aromatic rings. The van der Waals surface area contributed by atoms with Gasteiger partial charge in [-0.2, -0.15) is 0 Å². The molecule has 1 atom stereocenters. The van der Waals surface area contributed by atoms with Crippen LogP contribution in [-0.4, -0.2) is 39.9 Å². The van der Waals surface area contributed by atoms with E-state index in [9.17, 15) is 4.79 Å². The van der Waals surface area contributed by atoms with E-state index in [0.29, 0.717) is 17.3 Å². The van der Waals surface area contributed by atoms with Gasteiger partial charge in [0, 0.05) is 18.1 Å². The number of hydrogen-bond acceptors (Lipinski definition) is 5. The molecule has 5 nitrogen and oxygen atoms in total. The second kappa shape index (κ2) is 6.36. The fourth-order valence-electron chi connectivity index (χ4n) is 1.02. The number of thioether (sulfide) groups is 1. The summed E-state index contributed by atoms with van der Waals surface area (Å²) in [6, 6.07) is 1.25. The highest BCUT2D eigenvalue weighted by molar-refractivity contribution is 7.99. The molecule has 0 fully saturated rings. The molecule has 1 rings (SSSR count). The van der Waals surface area contributed by atoms with Crippen molar-refractivity contribution in [3.8, 4) is 0 Å². The second-order valence-corrected chi connectivity index (χ2v) is 3.91. The van der Waals surface area contributed by atoms with Gasteiger partial charge >= 0.3 is 5.97 Å². The summed E-state index contributed by atoms with van der Waals surface area (Å²) in [5.41, 5.74) is 0. The Morgan fingerprint density at radius 1 is 1.60 bits per heavy atom. The van der Waals surface area contributed by atoms with Crippen molar-refractivity contribution >= 4 is 17.7 Å². The van der Waals surface area contributed by atoms with E-state index in [0.717, 1.165) is 0 Å². The van der Waals surface area contributed by atoms with Crippen LogP contribution in [0.1, 0.15) is 6.42 Å². The molecule has 0 aliphatic carbocycles. The molecule has 0 saturated carbocycles. The Kier molecular flexibility index (Phi) is 5.06. The van der Waals surface area contributed by atoms with Gasteiger partial charge in [-0.15, -0.1) is 0 Å². The Morgan fingerprint density at radius 3 is 2.80 bits per heavy atom. The van der Waals surface area contributed by atoms with Gasteiger partial charge in [0.2, 0.25) is 0 Å². The minimum Gasteiger partial charge on any atom is -0.480 e. The molecule has 6 heteroatoms. The van der Waals surface area contributed by atoms with E-state index in [4.69, 9.17) is 5.11 Å². The Balaban J connectivity index is 2.30. The van der Waals surface area contributed by atoms with Gasteiger partial charge in [-0.1, -0.05) is 11.8 Å². The summed E-state index contributed by atoms with van der Waals surface area (Å²) in [6.45, 7) is 0. The maximum Gasteiger partial charge on any atom is 0.320 e. The lowest BCUT2D eigenvalue weighted by Gasteiger charge is -2.09. The van der Waals surface area contributed by atoms with E-state index in [2.05, 4.69) is 15.3 Å². The average molecular weight is 227 g/mol. The number of rotatable bonds is 6. The minimum absolute atomic E-state index is 0.499. The molecule has 1 aromatic heterocycles. The Bertz CT molecular complexity index is 307. The lowest BCUT2D eigenvalue weighted by Crippen LogP contribution is -2.34. The molecule has 0 amide bonds. The molecule has 0 spiro atoms. The monoisotopic (exact) mass is 227 g/mol. The third-order valence-corrected chi connectivity index (χ3v) is 2.74. The van der Waals surface area contributed by atoms with E-state index >= 15 is 0 Å². The smallest absolute Gasteiger partial charge is 0.320 e. The van der Waals surface area contributed by atoms with Crippen LogP contribution in [-0.2, 0) is 4.79 Å². The van der Waals surface area contributed by atoms with Crippen molar-refractivity contribution < 1.29 is 9.90 Å². The highest BCUT2D eigenvalue weighted by Crippen LogP contribution is 2.13. The Labute approximate surface area is 92.3 Å². The summed E-state index contributed by atoms with van der Waals surface area (Å²) in [4.78, 5) is 18.7. The number of nitrogens with zero attached hydrogens (tertiary/aromatic N) is 2. The van der Waals surface area contributed by atoms with Crippen molar-refractivity contribution in [1.29, 1.82) is 0 Å². The molecular formula is C9H13N3O2S. The summed E-state index contributed by atoms with van der Waals surface area (Å²) in [7, 11) is 1.64. The number of nitrogens with one attached hydrogen (secondary N) is 1. The van der Waals surface area contributed by atoms with Crippen LogP contribution in [0.2, 0.25) is 0 Å². The van der Waals surface area contributed by atoms with Crippen LogP contribution in [0.3, 0.4) is 0 Å². The summed E-state index contributed by atoms with van der Waals surface area (Å²) in [5, 5.41) is 12.2. The molecule has 15 heavy (non-hydrogen) atoms. The predicted molar refractivity (Wildman–Crippen MR) is 57.9 cm³/mol. The average Bonchev–Trinajstić information content (AvgIpc) is 2.25. The molecular weight excluding hydrogens is 214 g/mol. The standard InChI is InChI=1S/C9H13N3O2S/c1-10-7(8(13)14)3-6-15-9-11-4-2-5-12-9/h2,4-5,7,10H,3,6H2,1H3,(H,13,14). The van der Waals surface area contributed by atoms with Crippen LogP contribution in [0.4, 0.5) is 0 Å². The van der Waals surface area contributed by atoms with Crippen LogP contribution >= 0.6 is 11.8 Å². The van der Waals surface area contributed by atoms with E-state index < -0.39 is 12.0 Å². The highest BCUT2D eigenvalue weighted by Gasteiger charge is 2.14. The quantitative estimate of drug-likeness (QED) is 0.548. The topological polar surface area (TPSA) is 75.1 Å². The van der Waals surface area contributed by atoms with Crippen LogP contribution in [0.25, 0.3) is 0 Å². The predicted octanol–water partition coefficient (Wildman–Crippen LogP) is 0.631. The first-order chi connectivity index (χ1) is 7.24. The second-order valence-electron chi connectivity index (χ2n) is 2.85. The zero-order chi connectivity index (χ0) is 11.1. The first-order valence-electron chi connectivity index (χ1n) is 4.54. The van der Waals surface area contributed by atoms with Crippen molar-refractivity contribution in [2.24, 2.45) is 0 Å². The van der Waals surface area contributed by atoms with Gasteiger partial charge in [-0.05, 0) is 19.5 Å². The first kappa shape index (κ1) is 11.9. The lowest BCUT2D eigenvalue weighted by atomic mass is 10.2.